The molecule has 4 nitrogen and oxygen atoms in total. The minimum Gasteiger partial charge on any atom is -0.371 e. The van der Waals surface area contributed by atoms with Crippen molar-refractivity contribution in [3.63, 3.8) is 0 Å². The Morgan fingerprint density at radius 1 is 0.929 bits per heavy atom. The molecular formula is C24H30N4. The second-order valence-electron chi connectivity index (χ2n) is 7.81. The van der Waals surface area contributed by atoms with Gasteiger partial charge in [0.1, 0.15) is 5.82 Å². The minimum atomic E-state index is 0.567. The van der Waals surface area contributed by atoms with Gasteiger partial charge in [0.2, 0.25) is 0 Å². The Morgan fingerprint density at radius 3 is 2.18 bits per heavy atom. The Hall–Kier alpha value is -2.59. The smallest absolute Gasteiger partial charge is 0.122 e. The monoisotopic (exact) mass is 374 g/mol. The predicted octanol–water partition coefficient (Wildman–Crippen LogP) is 4.46. The molecule has 146 valence electrons. The first-order valence-corrected chi connectivity index (χ1v) is 10.2. The van der Waals surface area contributed by atoms with Crippen molar-refractivity contribution in [1.82, 2.24) is 14.9 Å². The van der Waals surface area contributed by atoms with E-state index in [0.717, 1.165) is 31.2 Å². The number of aryl methyl sites for hydroxylation is 1. The van der Waals surface area contributed by atoms with Gasteiger partial charge in [0.15, 0.2) is 0 Å². The molecule has 0 aliphatic carbocycles. The molecule has 3 aromatic rings. The van der Waals surface area contributed by atoms with Crippen LogP contribution in [0.25, 0.3) is 11.1 Å². The molecule has 1 saturated heterocycles. The van der Waals surface area contributed by atoms with E-state index in [1.54, 1.807) is 0 Å². The zero-order valence-electron chi connectivity index (χ0n) is 17.2. The van der Waals surface area contributed by atoms with Crippen LogP contribution in [0.1, 0.15) is 30.1 Å². The highest BCUT2D eigenvalue weighted by molar-refractivity contribution is 5.66. The summed E-state index contributed by atoms with van der Waals surface area (Å²) in [6.45, 7) is 7.26. The Kier molecular flexibility index (Phi) is 5.49. The number of nitrogens with zero attached hydrogens (tertiary/aromatic N) is 3. The van der Waals surface area contributed by atoms with Crippen LogP contribution in [0.15, 0.2) is 54.6 Å². The van der Waals surface area contributed by atoms with Gasteiger partial charge in [0.25, 0.3) is 0 Å². The van der Waals surface area contributed by atoms with Crippen LogP contribution >= 0.6 is 0 Å². The first-order valence-electron chi connectivity index (χ1n) is 10.2. The second kappa shape index (κ2) is 8.19. The van der Waals surface area contributed by atoms with Crippen molar-refractivity contribution < 1.29 is 0 Å². The van der Waals surface area contributed by atoms with E-state index in [0.29, 0.717) is 6.04 Å². The second-order valence-corrected chi connectivity index (χ2v) is 7.81. The van der Waals surface area contributed by atoms with E-state index in [-0.39, 0.29) is 0 Å². The SMILES string of the molecule is Cc1nc(CNC2CCN(c3ccc(-c4ccccc4)cc3)CC2)n(C)c1C. The fourth-order valence-corrected chi connectivity index (χ4v) is 4.02. The molecule has 0 atom stereocenters. The maximum Gasteiger partial charge on any atom is 0.122 e. The van der Waals surface area contributed by atoms with Crippen LogP contribution in [0.4, 0.5) is 5.69 Å². The number of benzene rings is 2. The molecule has 2 heterocycles. The number of aromatic nitrogens is 2. The third-order valence-corrected chi connectivity index (χ3v) is 6.09. The van der Waals surface area contributed by atoms with Crippen molar-refractivity contribution in [2.45, 2.75) is 39.3 Å². The third-order valence-electron chi connectivity index (χ3n) is 6.09. The van der Waals surface area contributed by atoms with Gasteiger partial charge in [0, 0.05) is 37.6 Å². The van der Waals surface area contributed by atoms with E-state index < -0.39 is 0 Å². The van der Waals surface area contributed by atoms with E-state index in [9.17, 15) is 0 Å². The molecule has 0 unspecified atom stereocenters. The average Bonchev–Trinajstić information content (AvgIpc) is 3.00. The Bertz CT molecular complexity index is 904. The Balaban J connectivity index is 1.31. The molecule has 2 aromatic carbocycles. The molecule has 4 heteroatoms. The van der Waals surface area contributed by atoms with Gasteiger partial charge < -0.3 is 14.8 Å². The highest BCUT2D eigenvalue weighted by atomic mass is 15.2. The van der Waals surface area contributed by atoms with Gasteiger partial charge in [-0.15, -0.1) is 0 Å². The Morgan fingerprint density at radius 2 is 1.57 bits per heavy atom. The summed E-state index contributed by atoms with van der Waals surface area (Å²) >= 11 is 0. The van der Waals surface area contributed by atoms with Crippen molar-refractivity contribution in [2.24, 2.45) is 7.05 Å². The number of imidazole rings is 1. The Labute approximate surface area is 168 Å². The van der Waals surface area contributed by atoms with Gasteiger partial charge in [0.05, 0.1) is 12.2 Å². The van der Waals surface area contributed by atoms with E-state index >= 15 is 0 Å². The van der Waals surface area contributed by atoms with E-state index in [2.05, 4.69) is 95.3 Å². The van der Waals surface area contributed by atoms with E-state index in [1.165, 1.54) is 35.3 Å². The van der Waals surface area contributed by atoms with E-state index in [1.807, 2.05) is 0 Å². The van der Waals surface area contributed by atoms with Crippen LogP contribution in [-0.4, -0.2) is 28.7 Å². The molecule has 0 bridgehead atoms. The fourth-order valence-electron chi connectivity index (χ4n) is 4.02. The molecule has 0 saturated carbocycles. The van der Waals surface area contributed by atoms with Gasteiger partial charge in [-0.05, 0) is 49.9 Å². The number of hydrogen-bond acceptors (Lipinski definition) is 3. The molecule has 0 amide bonds. The highest BCUT2D eigenvalue weighted by Crippen LogP contribution is 2.25. The largest absolute Gasteiger partial charge is 0.371 e. The highest BCUT2D eigenvalue weighted by Gasteiger charge is 2.20. The van der Waals surface area contributed by atoms with Crippen molar-refractivity contribution in [1.29, 1.82) is 0 Å². The summed E-state index contributed by atoms with van der Waals surface area (Å²) in [6, 6.07) is 20.1. The normalized spacial score (nSPS) is 15.2. The predicted molar refractivity (Wildman–Crippen MR) is 117 cm³/mol. The number of nitrogens with one attached hydrogen (secondary N) is 1. The molecule has 1 N–H and O–H groups in total. The van der Waals surface area contributed by atoms with Crippen LogP contribution in [0.2, 0.25) is 0 Å². The molecule has 0 spiro atoms. The quantitative estimate of drug-likeness (QED) is 0.716. The molecule has 4 rings (SSSR count). The maximum absolute atomic E-state index is 4.68. The summed E-state index contributed by atoms with van der Waals surface area (Å²) < 4.78 is 2.20. The number of hydrogen-bond donors (Lipinski definition) is 1. The fraction of sp³-hybridized carbons (Fsp3) is 0.375. The molecule has 0 radical (unpaired) electrons. The molecule has 1 aromatic heterocycles. The van der Waals surface area contributed by atoms with Crippen LogP contribution in [-0.2, 0) is 13.6 Å². The third kappa shape index (κ3) is 3.97. The summed E-state index contributed by atoms with van der Waals surface area (Å²) in [6.07, 6.45) is 2.34. The molecule has 1 fully saturated rings. The lowest BCUT2D eigenvalue weighted by atomic mass is 10.0. The number of anilines is 1. The number of piperidine rings is 1. The topological polar surface area (TPSA) is 33.1 Å². The molecule has 28 heavy (non-hydrogen) atoms. The summed E-state index contributed by atoms with van der Waals surface area (Å²) in [5, 5.41) is 3.71. The summed E-state index contributed by atoms with van der Waals surface area (Å²) in [5.74, 6) is 1.13. The molecular weight excluding hydrogens is 344 g/mol. The van der Waals surface area contributed by atoms with Gasteiger partial charge >= 0.3 is 0 Å². The first-order chi connectivity index (χ1) is 13.6. The molecule has 1 aliphatic heterocycles. The van der Waals surface area contributed by atoms with Crippen LogP contribution in [0, 0.1) is 13.8 Å². The van der Waals surface area contributed by atoms with Gasteiger partial charge in [-0.2, -0.15) is 0 Å². The van der Waals surface area contributed by atoms with Crippen molar-refractivity contribution in [3.8, 4) is 11.1 Å². The van der Waals surface area contributed by atoms with Crippen molar-refractivity contribution in [2.75, 3.05) is 18.0 Å². The zero-order valence-corrected chi connectivity index (χ0v) is 17.2. The standard InChI is InChI=1S/C24H30N4/c1-18-19(2)27(3)24(26-18)17-25-22-13-15-28(16-14-22)23-11-9-21(10-12-23)20-7-5-4-6-8-20/h4-12,22,25H,13-17H2,1-3H3. The summed E-state index contributed by atoms with van der Waals surface area (Å²) in [7, 11) is 2.11. The average molecular weight is 375 g/mol. The molecule has 1 aliphatic rings. The van der Waals surface area contributed by atoms with Gasteiger partial charge in [-0.3, -0.25) is 0 Å². The summed E-state index contributed by atoms with van der Waals surface area (Å²) in [5.41, 5.74) is 6.27. The minimum absolute atomic E-state index is 0.567. The first kappa shape index (κ1) is 18.8. The lowest BCUT2D eigenvalue weighted by Gasteiger charge is -2.34. The lowest BCUT2D eigenvalue weighted by Crippen LogP contribution is -2.42. The van der Waals surface area contributed by atoms with Crippen molar-refractivity contribution >= 4 is 5.69 Å². The van der Waals surface area contributed by atoms with Crippen molar-refractivity contribution in [3.05, 3.63) is 71.8 Å². The van der Waals surface area contributed by atoms with Crippen LogP contribution in [0.5, 0.6) is 0 Å². The van der Waals surface area contributed by atoms with Crippen LogP contribution < -0.4 is 10.2 Å². The van der Waals surface area contributed by atoms with Gasteiger partial charge in [-0.1, -0.05) is 42.5 Å². The zero-order chi connectivity index (χ0) is 19.5. The number of rotatable bonds is 5. The summed E-state index contributed by atoms with van der Waals surface area (Å²) in [4.78, 5) is 7.18. The van der Waals surface area contributed by atoms with E-state index in [4.69, 9.17) is 0 Å². The van der Waals surface area contributed by atoms with Gasteiger partial charge in [-0.25, -0.2) is 4.98 Å². The van der Waals surface area contributed by atoms with Crippen LogP contribution in [0.3, 0.4) is 0 Å². The lowest BCUT2D eigenvalue weighted by molar-refractivity contribution is 0.407. The maximum atomic E-state index is 4.68.